The van der Waals surface area contributed by atoms with Gasteiger partial charge in [-0.3, -0.25) is 0 Å². The average molecular weight is 239 g/mol. The Morgan fingerprint density at radius 3 is 1.33 bits per heavy atom. The average Bonchev–Trinajstić information content (AvgIpc) is 0.811. The smallest absolute Gasteiger partial charge is 0.652 e. The van der Waals surface area contributed by atoms with Crippen LogP contribution in [-0.4, -0.2) is 43.9 Å². The molecule has 5 heteroatoms. The summed E-state index contributed by atoms with van der Waals surface area (Å²) in [6.07, 6.45) is -2.33. The number of hydrogen-bond donors (Lipinski definition) is 0. The van der Waals surface area contributed by atoms with Gasteiger partial charge in [0.1, 0.15) is 0 Å². The fraction of sp³-hybridized carbons (Fsp3) is 0. The Balaban J connectivity index is -0.0000000450. The summed E-state index contributed by atoms with van der Waals surface area (Å²) in [5, 5.41) is 16.7. The summed E-state index contributed by atoms with van der Waals surface area (Å²) in [4.78, 5) is 8.33. The molecule has 0 fully saturated rings. The molecule has 0 saturated carbocycles. The summed E-state index contributed by atoms with van der Waals surface area (Å²) in [6, 6.07) is 0. The van der Waals surface area contributed by atoms with E-state index in [-0.39, 0.29) is 73.3 Å². The van der Waals surface area contributed by atoms with Gasteiger partial charge in [0, 0.05) is 0 Å². The SMILES string of the molecule is O=C([O-])[O-].[Ca+2].[La+3]. The van der Waals surface area contributed by atoms with E-state index in [4.69, 9.17) is 15.0 Å². The molecule has 0 atom stereocenters. The summed E-state index contributed by atoms with van der Waals surface area (Å²) in [5.41, 5.74) is 0. The monoisotopic (exact) mass is 239 g/mol. The van der Waals surface area contributed by atoms with Gasteiger partial charge in [0.2, 0.25) is 0 Å². The molecule has 0 aliphatic carbocycles. The van der Waals surface area contributed by atoms with Crippen molar-refractivity contribution in [2.75, 3.05) is 0 Å². The fourth-order valence-corrected chi connectivity index (χ4v) is 0. The Morgan fingerprint density at radius 1 is 1.33 bits per heavy atom. The molecule has 0 N–H and O–H groups in total. The van der Waals surface area contributed by atoms with Gasteiger partial charge in [-0.15, -0.1) is 0 Å². The number of carbonyl (C=O) groups excluding carboxylic acids is 1. The molecule has 0 heterocycles. The van der Waals surface area contributed by atoms with E-state index in [1.807, 2.05) is 0 Å². The zero-order valence-corrected chi connectivity index (χ0v) is 8.84. The van der Waals surface area contributed by atoms with E-state index in [0.717, 1.165) is 0 Å². The second-order valence-corrected chi connectivity index (χ2v) is 0.250. The molecule has 0 aromatic carbocycles. The molecule has 0 saturated heterocycles. The third kappa shape index (κ3) is 43.0. The van der Waals surface area contributed by atoms with Gasteiger partial charge in [0.05, 0.1) is 0 Å². The zero-order valence-electron chi connectivity index (χ0n) is 3.01. The van der Waals surface area contributed by atoms with Gasteiger partial charge in [-0.25, -0.2) is 0 Å². The van der Waals surface area contributed by atoms with Crippen LogP contribution in [0.5, 0.6) is 0 Å². The van der Waals surface area contributed by atoms with Crippen molar-refractivity contribution in [1.82, 2.24) is 0 Å². The molecule has 0 bridgehead atoms. The normalized spacial score (nSPS) is 4.00. The largest absolute Gasteiger partial charge is 3.00 e. The van der Waals surface area contributed by atoms with Gasteiger partial charge < -0.3 is 15.0 Å². The van der Waals surface area contributed by atoms with Crippen molar-refractivity contribution in [3.63, 3.8) is 0 Å². The maximum Gasteiger partial charge on any atom is 3.00 e. The summed E-state index contributed by atoms with van der Waals surface area (Å²) in [5.74, 6) is 0. The molecule has 0 amide bonds. The summed E-state index contributed by atoms with van der Waals surface area (Å²) in [6.45, 7) is 0. The van der Waals surface area contributed by atoms with Crippen LogP contribution in [0, 0.1) is 35.6 Å². The van der Waals surface area contributed by atoms with Crippen molar-refractivity contribution in [3.05, 3.63) is 0 Å². The van der Waals surface area contributed by atoms with Crippen LogP contribution in [0.3, 0.4) is 0 Å². The first-order valence-electron chi connectivity index (χ1n) is 0.612. The molecule has 0 rings (SSSR count). The molecular weight excluding hydrogens is 239 g/mol. The Bertz CT molecular complexity index is 33.8. The van der Waals surface area contributed by atoms with Crippen LogP contribution in [0.15, 0.2) is 0 Å². The molecule has 0 aromatic rings. The Hall–Kier alpha value is 1.72. The number of rotatable bonds is 0. The third-order valence-corrected chi connectivity index (χ3v) is 0. The van der Waals surface area contributed by atoms with Gasteiger partial charge in [-0.1, -0.05) is 0 Å². The molecule has 0 aromatic heterocycles. The first-order chi connectivity index (χ1) is 1.73. The number of carbonyl (C=O) groups is 1. The van der Waals surface area contributed by atoms with Crippen LogP contribution >= 0.6 is 0 Å². The molecule has 0 radical (unpaired) electrons. The molecule has 0 aliphatic heterocycles. The van der Waals surface area contributed by atoms with E-state index in [1.54, 1.807) is 0 Å². The topological polar surface area (TPSA) is 63.2 Å². The van der Waals surface area contributed by atoms with Crippen molar-refractivity contribution in [3.8, 4) is 0 Å². The van der Waals surface area contributed by atoms with Gasteiger partial charge >= 0.3 is 73.3 Å². The van der Waals surface area contributed by atoms with Crippen molar-refractivity contribution < 1.29 is 50.6 Å². The molecule has 6 heavy (non-hydrogen) atoms. The first kappa shape index (κ1) is 15.6. The summed E-state index contributed by atoms with van der Waals surface area (Å²) in [7, 11) is 0. The predicted octanol–water partition coefficient (Wildman–Crippen LogP) is -2.83. The van der Waals surface area contributed by atoms with Crippen LogP contribution in [-0.2, 0) is 0 Å². The molecule has 0 spiro atoms. The Kier molecular flexibility index (Phi) is 25.7. The quantitative estimate of drug-likeness (QED) is 0.428. The summed E-state index contributed by atoms with van der Waals surface area (Å²) < 4.78 is 0. The molecular formula is CCaLaO3+3. The number of carboxylic acid groups (broad SMARTS) is 2. The van der Waals surface area contributed by atoms with Crippen LogP contribution < -0.4 is 10.2 Å². The third-order valence-electron chi connectivity index (χ3n) is 0. The minimum Gasteiger partial charge on any atom is -0.652 e. The molecule has 24 valence electrons. The standard InChI is InChI=1S/CH2O3.Ca.La/c2-1(3)4;;/h(H2,2,3,4);;/q;+2;+3/p-2. The van der Waals surface area contributed by atoms with Crippen LogP contribution in [0.2, 0.25) is 0 Å². The van der Waals surface area contributed by atoms with Gasteiger partial charge in [-0.05, 0) is 6.16 Å². The minimum atomic E-state index is -2.33. The van der Waals surface area contributed by atoms with E-state index in [1.165, 1.54) is 0 Å². The van der Waals surface area contributed by atoms with Crippen molar-refractivity contribution in [2.24, 2.45) is 0 Å². The number of hydrogen-bond acceptors (Lipinski definition) is 3. The van der Waals surface area contributed by atoms with Gasteiger partial charge in [0.15, 0.2) is 0 Å². The van der Waals surface area contributed by atoms with Gasteiger partial charge in [-0.2, -0.15) is 0 Å². The second kappa shape index (κ2) is 9.87. The molecule has 3 nitrogen and oxygen atoms in total. The van der Waals surface area contributed by atoms with E-state index < -0.39 is 6.16 Å². The van der Waals surface area contributed by atoms with E-state index in [2.05, 4.69) is 0 Å². The Morgan fingerprint density at radius 2 is 1.33 bits per heavy atom. The van der Waals surface area contributed by atoms with Gasteiger partial charge in [0.25, 0.3) is 0 Å². The zero-order chi connectivity index (χ0) is 3.58. The first-order valence-corrected chi connectivity index (χ1v) is 0.612. The maximum atomic E-state index is 8.33. The minimum absolute atomic E-state index is 0. The molecule has 0 aliphatic rings. The van der Waals surface area contributed by atoms with E-state index >= 15 is 0 Å². The van der Waals surface area contributed by atoms with Crippen LogP contribution in [0.4, 0.5) is 4.79 Å². The van der Waals surface area contributed by atoms with E-state index in [0.29, 0.717) is 0 Å². The molecule has 0 unspecified atom stereocenters. The van der Waals surface area contributed by atoms with E-state index in [9.17, 15) is 0 Å². The predicted molar refractivity (Wildman–Crippen MR) is 11.1 cm³/mol. The van der Waals surface area contributed by atoms with Crippen molar-refractivity contribution in [2.45, 2.75) is 0 Å². The van der Waals surface area contributed by atoms with Crippen LogP contribution in [0.25, 0.3) is 0 Å². The second-order valence-electron chi connectivity index (χ2n) is 0.250. The Labute approximate surface area is 92.7 Å². The summed E-state index contributed by atoms with van der Waals surface area (Å²) >= 11 is 0. The van der Waals surface area contributed by atoms with Crippen molar-refractivity contribution in [1.29, 1.82) is 0 Å². The van der Waals surface area contributed by atoms with Crippen molar-refractivity contribution >= 4 is 43.9 Å². The fourth-order valence-electron chi connectivity index (χ4n) is 0. The maximum absolute atomic E-state index is 8.33. The van der Waals surface area contributed by atoms with Crippen LogP contribution in [0.1, 0.15) is 0 Å².